The van der Waals surface area contributed by atoms with Crippen LogP contribution < -0.4 is 9.62 Å². The van der Waals surface area contributed by atoms with Crippen LogP contribution in [0.4, 0.5) is 5.69 Å². The number of carbonyl (C=O) groups is 1. The van der Waals surface area contributed by atoms with E-state index in [9.17, 15) is 13.2 Å². The Morgan fingerprint density at radius 1 is 0.969 bits per heavy atom. The van der Waals surface area contributed by atoms with Crippen molar-refractivity contribution in [3.8, 4) is 0 Å². The molecule has 1 heterocycles. The van der Waals surface area contributed by atoms with Gasteiger partial charge < -0.3 is 10.2 Å². The van der Waals surface area contributed by atoms with Gasteiger partial charge in [-0.05, 0) is 75.6 Å². The van der Waals surface area contributed by atoms with Crippen LogP contribution in [0.15, 0.2) is 48.5 Å². The number of anilines is 1. The van der Waals surface area contributed by atoms with Gasteiger partial charge in [0.2, 0.25) is 10.0 Å². The average Bonchev–Trinajstić information content (AvgIpc) is 3.04. The second-order valence-corrected chi connectivity index (χ2v) is 10.6. The number of nitrogens with one attached hydrogen (secondary N) is 1. The number of sulfonamides is 1. The average molecular weight is 458 g/mol. The van der Waals surface area contributed by atoms with Crippen LogP contribution in [0.5, 0.6) is 0 Å². The predicted molar refractivity (Wildman–Crippen MR) is 131 cm³/mol. The molecule has 0 unspecified atom stereocenters. The standard InChI is InChI=1S/C25H35N3O3S/c1-21-8-10-22(11-9-21)20-28(32(2,30)31)24-14-12-23(13-15-24)25(29)26-16-7-19-27-17-5-3-4-6-18-27/h8-15H,3-7,16-20H2,1-2H3,(H,26,29). The van der Waals surface area contributed by atoms with Crippen LogP contribution in [0.3, 0.4) is 0 Å². The maximum absolute atomic E-state index is 12.5. The predicted octanol–water partition coefficient (Wildman–Crippen LogP) is 3.96. The van der Waals surface area contributed by atoms with E-state index in [0.717, 1.165) is 37.2 Å². The van der Waals surface area contributed by atoms with E-state index in [1.807, 2.05) is 31.2 Å². The van der Waals surface area contributed by atoms with E-state index in [1.165, 1.54) is 36.2 Å². The summed E-state index contributed by atoms with van der Waals surface area (Å²) in [5.41, 5.74) is 3.12. The van der Waals surface area contributed by atoms with Crippen molar-refractivity contribution in [1.82, 2.24) is 10.2 Å². The van der Waals surface area contributed by atoms with Crippen molar-refractivity contribution >= 4 is 21.6 Å². The molecule has 0 saturated carbocycles. The number of aryl methyl sites for hydroxylation is 1. The van der Waals surface area contributed by atoms with Gasteiger partial charge in [0.1, 0.15) is 0 Å². The fraction of sp³-hybridized carbons (Fsp3) is 0.480. The van der Waals surface area contributed by atoms with E-state index in [2.05, 4.69) is 10.2 Å². The molecule has 0 aliphatic carbocycles. The van der Waals surface area contributed by atoms with Crippen molar-refractivity contribution in [3.05, 3.63) is 65.2 Å². The Hall–Kier alpha value is -2.38. The fourth-order valence-electron chi connectivity index (χ4n) is 4.00. The van der Waals surface area contributed by atoms with Gasteiger partial charge in [0.05, 0.1) is 18.5 Å². The molecule has 0 aromatic heterocycles. The van der Waals surface area contributed by atoms with Gasteiger partial charge in [-0.1, -0.05) is 42.7 Å². The molecule has 1 N–H and O–H groups in total. The molecule has 0 radical (unpaired) electrons. The van der Waals surface area contributed by atoms with Crippen LogP contribution >= 0.6 is 0 Å². The summed E-state index contributed by atoms with van der Waals surface area (Å²) in [6, 6.07) is 14.6. The lowest BCUT2D eigenvalue weighted by atomic mass is 10.1. The summed E-state index contributed by atoms with van der Waals surface area (Å²) < 4.78 is 26.1. The van der Waals surface area contributed by atoms with E-state index >= 15 is 0 Å². The minimum Gasteiger partial charge on any atom is -0.352 e. The molecule has 6 nitrogen and oxygen atoms in total. The van der Waals surface area contributed by atoms with Crippen molar-refractivity contribution in [3.63, 3.8) is 0 Å². The van der Waals surface area contributed by atoms with Crippen LogP contribution in [0.25, 0.3) is 0 Å². The number of benzene rings is 2. The summed E-state index contributed by atoms with van der Waals surface area (Å²) in [4.78, 5) is 15.0. The molecule has 174 valence electrons. The van der Waals surface area contributed by atoms with Gasteiger partial charge >= 0.3 is 0 Å². The molecule has 1 amide bonds. The molecule has 1 aliphatic rings. The molecular weight excluding hydrogens is 422 g/mol. The van der Waals surface area contributed by atoms with Gasteiger partial charge in [-0.3, -0.25) is 9.10 Å². The topological polar surface area (TPSA) is 69.7 Å². The third kappa shape index (κ3) is 7.35. The lowest BCUT2D eigenvalue weighted by molar-refractivity contribution is 0.0951. The lowest BCUT2D eigenvalue weighted by Crippen LogP contribution is -2.31. The first kappa shape index (κ1) is 24.3. The second kappa shape index (κ2) is 11.5. The summed E-state index contributed by atoms with van der Waals surface area (Å²) in [6.07, 6.45) is 7.32. The monoisotopic (exact) mass is 457 g/mol. The number of nitrogens with zero attached hydrogens (tertiary/aromatic N) is 2. The Morgan fingerprint density at radius 3 is 2.19 bits per heavy atom. The highest BCUT2D eigenvalue weighted by atomic mass is 32.2. The van der Waals surface area contributed by atoms with E-state index < -0.39 is 10.0 Å². The molecule has 7 heteroatoms. The zero-order valence-electron chi connectivity index (χ0n) is 19.2. The van der Waals surface area contributed by atoms with Crippen LogP contribution in [-0.2, 0) is 16.6 Å². The third-order valence-electron chi connectivity index (χ3n) is 5.90. The SMILES string of the molecule is Cc1ccc(CN(c2ccc(C(=O)NCCCN3CCCCCC3)cc2)S(C)(=O)=O)cc1. The summed E-state index contributed by atoms with van der Waals surface area (Å²) in [5.74, 6) is -0.128. The highest BCUT2D eigenvalue weighted by Gasteiger charge is 2.18. The number of hydrogen-bond donors (Lipinski definition) is 1. The molecule has 0 atom stereocenters. The summed E-state index contributed by atoms with van der Waals surface area (Å²) in [6.45, 7) is 6.23. The summed E-state index contributed by atoms with van der Waals surface area (Å²) in [5, 5.41) is 2.98. The third-order valence-corrected chi connectivity index (χ3v) is 7.04. The normalized spacial score (nSPS) is 15.2. The number of hydrogen-bond acceptors (Lipinski definition) is 4. The van der Waals surface area contributed by atoms with Gasteiger partial charge in [0.15, 0.2) is 0 Å². The number of likely N-dealkylation sites (tertiary alicyclic amines) is 1. The fourth-order valence-corrected chi connectivity index (χ4v) is 4.89. The van der Waals surface area contributed by atoms with Crippen LogP contribution in [0.1, 0.15) is 53.6 Å². The Morgan fingerprint density at radius 2 is 1.59 bits per heavy atom. The molecular formula is C25H35N3O3S. The Balaban J connectivity index is 1.55. The van der Waals surface area contributed by atoms with Crippen molar-refractivity contribution < 1.29 is 13.2 Å². The molecule has 2 aromatic carbocycles. The number of carbonyl (C=O) groups excluding carboxylic acids is 1. The zero-order chi connectivity index (χ0) is 23.0. The maximum atomic E-state index is 12.5. The number of amides is 1. The first-order chi connectivity index (χ1) is 15.3. The molecule has 0 bridgehead atoms. The Bertz CT molecular complexity index is 964. The van der Waals surface area contributed by atoms with Gasteiger partial charge in [-0.15, -0.1) is 0 Å². The molecule has 32 heavy (non-hydrogen) atoms. The summed E-state index contributed by atoms with van der Waals surface area (Å²) >= 11 is 0. The molecule has 1 saturated heterocycles. The highest BCUT2D eigenvalue weighted by Crippen LogP contribution is 2.21. The Kier molecular flexibility index (Phi) is 8.70. The van der Waals surface area contributed by atoms with Crippen molar-refractivity contribution in [2.24, 2.45) is 0 Å². The van der Waals surface area contributed by atoms with Gasteiger partial charge in [-0.25, -0.2) is 8.42 Å². The Labute approximate surface area is 192 Å². The largest absolute Gasteiger partial charge is 0.352 e. The zero-order valence-corrected chi connectivity index (χ0v) is 20.0. The van der Waals surface area contributed by atoms with Crippen LogP contribution in [-0.4, -0.2) is 51.7 Å². The van der Waals surface area contributed by atoms with E-state index in [4.69, 9.17) is 0 Å². The summed E-state index contributed by atoms with van der Waals surface area (Å²) in [7, 11) is -3.46. The molecule has 3 rings (SSSR count). The quantitative estimate of drug-likeness (QED) is 0.579. The molecule has 1 fully saturated rings. The van der Waals surface area contributed by atoms with Crippen molar-refractivity contribution in [2.45, 2.75) is 45.6 Å². The van der Waals surface area contributed by atoms with E-state index in [-0.39, 0.29) is 12.5 Å². The second-order valence-electron chi connectivity index (χ2n) is 8.67. The number of rotatable bonds is 9. The molecule has 2 aromatic rings. The smallest absolute Gasteiger partial charge is 0.251 e. The minimum atomic E-state index is -3.46. The first-order valence-electron chi connectivity index (χ1n) is 11.5. The first-order valence-corrected chi connectivity index (χ1v) is 13.3. The van der Waals surface area contributed by atoms with Crippen LogP contribution in [0.2, 0.25) is 0 Å². The molecule has 1 aliphatic heterocycles. The van der Waals surface area contributed by atoms with Crippen molar-refractivity contribution in [2.75, 3.05) is 36.7 Å². The highest BCUT2D eigenvalue weighted by molar-refractivity contribution is 7.92. The van der Waals surface area contributed by atoms with E-state index in [1.54, 1.807) is 24.3 Å². The van der Waals surface area contributed by atoms with Crippen molar-refractivity contribution in [1.29, 1.82) is 0 Å². The maximum Gasteiger partial charge on any atom is 0.251 e. The molecule has 0 spiro atoms. The van der Waals surface area contributed by atoms with Crippen LogP contribution in [0, 0.1) is 6.92 Å². The minimum absolute atomic E-state index is 0.128. The van der Waals surface area contributed by atoms with Gasteiger partial charge in [0.25, 0.3) is 5.91 Å². The van der Waals surface area contributed by atoms with Gasteiger partial charge in [0, 0.05) is 12.1 Å². The lowest BCUT2D eigenvalue weighted by Gasteiger charge is -2.23. The van der Waals surface area contributed by atoms with Gasteiger partial charge in [-0.2, -0.15) is 0 Å². The van der Waals surface area contributed by atoms with E-state index in [0.29, 0.717) is 17.8 Å².